The smallest absolute Gasteiger partial charge is 0.122 e. The number of hydrogen-bond donors (Lipinski definition) is 1. The normalized spacial score (nSPS) is 12.5. The van der Waals surface area contributed by atoms with Crippen molar-refractivity contribution in [3.63, 3.8) is 0 Å². The molecule has 2 rings (SSSR count). The van der Waals surface area contributed by atoms with Crippen LogP contribution in [0.25, 0.3) is 0 Å². The molecular formula is C15H21N3O. The Bertz CT molecular complexity index is 575. The topological polar surface area (TPSA) is 39.1 Å². The lowest BCUT2D eigenvalue weighted by molar-refractivity contribution is 0.411. The van der Waals surface area contributed by atoms with Crippen molar-refractivity contribution in [2.75, 3.05) is 14.2 Å². The van der Waals surface area contributed by atoms with Crippen LogP contribution in [-0.2, 0) is 7.05 Å². The van der Waals surface area contributed by atoms with E-state index in [1.807, 2.05) is 31.0 Å². The summed E-state index contributed by atoms with van der Waals surface area (Å²) in [6.45, 7) is 4.16. The van der Waals surface area contributed by atoms with Gasteiger partial charge in [0.1, 0.15) is 5.75 Å². The summed E-state index contributed by atoms with van der Waals surface area (Å²) in [6.07, 6.45) is 1.96. The highest BCUT2D eigenvalue weighted by atomic mass is 16.5. The molecule has 1 unspecified atom stereocenters. The Morgan fingerprint density at radius 2 is 2.00 bits per heavy atom. The fraction of sp³-hybridized carbons (Fsp3) is 0.400. The molecule has 4 heteroatoms. The van der Waals surface area contributed by atoms with Crippen molar-refractivity contribution < 1.29 is 4.74 Å². The molecule has 1 aromatic carbocycles. The van der Waals surface area contributed by atoms with E-state index in [2.05, 4.69) is 36.4 Å². The minimum atomic E-state index is 0.103. The highest BCUT2D eigenvalue weighted by Crippen LogP contribution is 2.29. The second-order valence-corrected chi connectivity index (χ2v) is 4.81. The molecule has 1 aromatic heterocycles. The quantitative estimate of drug-likeness (QED) is 0.916. The molecule has 0 aliphatic rings. The molecule has 2 aromatic rings. The molecule has 0 spiro atoms. The number of aromatic nitrogens is 2. The molecule has 1 heterocycles. The summed E-state index contributed by atoms with van der Waals surface area (Å²) in [4.78, 5) is 0. The number of nitrogens with zero attached hydrogens (tertiary/aromatic N) is 2. The van der Waals surface area contributed by atoms with Crippen molar-refractivity contribution in [1.82, 2.24) is 15.1 Å². The Morgan fingerprint density at radius 1 is 1.26 bits per heavy atom. The predicted octanol–water partition coefficient (Wildman–Crippen LogP) is 2.35. The van der Waals surface area contributed by atoms with E-state index in [4.69, 9.17) is 4.74 Å². The van der Waals surface area contributed by atoms with E-state index in [1.54, 1.807) is 7.11 Å². The fourth-order valence-corrected chi connectivity index (χ4v) is 2.39. The van der Waals surface area contributed by atoms with Gasteiger partial charge in [-0.05, 0) is 49.7 Å². The number of methoxy groups -OCH3 is 1. The lowest BCUT2D eigenvalue weighted by atomic mass is 9.96. The van der Waals surface area contributed by atoms with Crippen molar-refractivity contribution in [3.05, 3.63) is 46.8 Å². The first kappa shape index (κ1) is 13.6. The third-order valence-electron chi connectivity index (χ3n) is 3.41. The SMILES string of the molecule is CNC(c1ccn(C)n1)c1cc(C)c(OC)cc1C. The minimum absolute atomic E-state index is 0.103. The average Bonchev–Trinajstić information content (AvgIpc) is 2.80. The second-order valence-electron chi connectivity index (χ2n) is 4.81. The van der Waals surface area contributed by atoms with Gasteiger partial charge in [0.2, 0.25) is 0 Å². The molecule has 1 N–H and O–H groups in total. The highest BCUT2D eigenvalue weighted by molar-refractivity contribution is 5.44. The molecule has 0 aliphatic heterocycles. The average molecular weight is 259 g/mol. The Kier molecular flexibility index (Phi) is 3.90. The molecule has 0 aliphatic carbocycles. The standard InChI is InChI=1S/C15H21N3O/c1-10-9-14(19-5)11(2)8-12(10)15(16-3)13-6-7-18(4)17-13/h6-9,15-16H,1-5H3. The van der Waals surface area contributed by atoms with Crippen molar-refractivity contribution in [1.29, 1.82) is 0 Å². The molecule has 1 atom stereocenters. The number of nitrogens with one attached hydrogen (secondary N) is 1. The molecule has 19 heavy (non-hydrogen) atoms. The monoisotopic (exact) mass is 259 g/mol. The molecule has 0 saturated heterocycles. The van der Waals surface area contributed by atoms with Gasteiger partial charge in [-0.3, -0.25) is 4.68 Å². The molecular weight excluding hydrogens is 238 g/mol. The Labute approximate surface area is 114 Å². The van der Waals surface area contributed by atoms with Gasteiger partial charge in [-0.25, -0.2) is 0 Å². The van der Waals surface area contributed by atoms with Crippen molar-refractivity contribution in [3.8, 4) is 5.75 Å². The number of benzene rings is 1. The summed E-state index contributed by atoms with van der Waals surface area (Å²) in [6, 6.07) is 6.40. The van der Waals surface area contributed by atoms with Gasteiger partial charge < -0.3 is 10.1 Å². The number of hydrogen-bond acceptors (Lipinski definition) is 3. The number of ether oxygens (including phenoxy) is 1. The summed E-state index contributed by atoms with van der Waals surface area (Å²) >= 11 is 0. The van der Waals surface area contributed by atoms with Crippen LogP contribution in [0.1, 0.15) is 28.4 Å². The minimum Gasteiger partial charge on any atom is -0.496 e. The van der Waals surface area contributed by atoms with Crippen molar-refractivity contribution in [2.24, 2.45) is 7.05 Å². The molecule has 102 valence electrons. The van der Waals surface area contributed by atoms with Gasteiger partial charge in [-0.15, -0.1) is 0 Å². The highest BCUT2D eigenvalue weighted by Gasteiger charge is 2.18. The third-order valence-corrected chi connectivity index (χ3v) is 3.41. The molecule has 0 fully saturated rings. The second kappa shape index (κ2) is 5.45. The van der Waals surface area contributed by atoms with Crippen LogP contribution in [0.15, 0.2) is 24.4 Å². The number of aryl methyl sites for hydroxylation is 3. The Morgan fingerprint density at radius 3 is 2.53 bits per heavy atom. The zero-order chi connectivity index (χ0) is 14.0. The zero-order valence-electron chi connectivity index (χ0n) is 12.2. The van der Waals surface area contributed by atoms with E-state index in [1.165, 1.54) is 11.1 Å². The summed E-state index contributed by atoms with van der Waals surface area (Å²) < 4.78 is 7.19. The first-order valence-corrected chi connectivity index (χ1v) is 6.38. The van der Waals surface area contributed by atoms with E-state index in [0.29, 0.717) is 0 Å². The van der Waals surface area contributed by atoms with Crippen LogP contribution in [0.3, 0.4) is 0 Å². The van der Waals surface area contributed by atoms with Gasteiger partial charge in [-0.1, -0.05) is 6.07 Å². The molecule has 0 saturated carbocycles. The largest absolute Gasteiger partial charge is 0.496 e. The van der Waals surface area contributed by atoms with Crippen LogP contribution >= 0.6 is 0 Å². The fourth-order valence-electron chi connectivity index (χ4n) is 2.39. The van der Waals surface area contributed by atoms with Gasteiger partial charge in [0.25, 0.3) is 0 Å². The zero-order valence-corrected chi connectivity index (χ0v) is 12.2. The van der Waals surface area contributed by atoms with E-state index in [-0.39, 0.29) is 6.04 Å². The van der Waals surface area contributed by atoms with Gasteiger partial charge >= 0.3 is 0 Å². The number of rotatable bonds is 4. The van der Waals surface area contributed by atoms with Gasteiger partial charge in [0.15, 0.2) is 0 Å². The van der Waals surface area contributed by atoms with Crippen LogP contribution in [-0.4, -0.2) is 23.9 Å². The van der Waals surface area contributed by atoms with Crippen LogP contribution in [0.4, 0.5) is 0 Å². The van der Waals surface area contributed by atoms with Gasteiger partial charge in [0, 0.05) is 13.2 Å². The summed E-state index contributed by atoms with van der Waals surface area (Å²) in [5.74, 6) is 0.928. The first-order chi connectivity index (χ1) is 9.06. The maximum Gasteiger partial charge on any atom is 0.122 e. The van der Waals surface area contributed by atoms with Crippen LogP contribution in [0, 0.1) is 13.8 Å². The Hall–Kier alpha value is -1.81. The van der Waals surface area contributed by atoms with E-state index >= 15 is 0 Å². The van der Waals surface area contributed by atoms with Crippen LogP contribution in [0.5, 0.6) is 5.75 Å². The van der Waals surface area contributed by atoms with Crippen LogP contribution in [0.2, 0.25) is 0 Å². The lowest BCUT2D eigenvalue weighted by Crippen LogP contribution is -2.19. The predicted molar refractivity (Wildman–Crippen MR) is 76.6 cm³/mol. The molecule has 4 nitrogen and oxygen atoms in total. The molecule has 0 radical (unpaired) electrons. The van der Waals surface area contributed by atoms with E-state index < -0.39 is 0 Å². The van der Waals surface area contributed by atoms with Crippen molar-refractivity contribution in [2.45, 2.75) is 19.9 Å². The summed E-state index contributed by atoms with van der Waals surface area (Å²) in [5.41, 5.74) is 4.60. The van der Waals surface area contributed by atoms with E-state index in [9.17, 15) is 0 Å². The van der Waals surface area contributed by atoms with Crippen LogP contribution < -0.4 is 10.1 Å². The van der Waals surface area contributed by atoms with E-state index in [0.717, 1.165) is 17.0 Å². The Balaban J connectivity index is 2.47. The first-order valence-electron chi connectivity index (χ1n) is 6.38. The maximum atomic E-state index is 5.36. The van der Waals surface area contributed by atoms with Gasteiger partial charge in [-0.2, -0.15) is 5.10 Å². The summed E-state index contributed by atoms with van der Waals surface area (Å²) in [7, 11) is 5.59. The lowest BCUT2D eigenvalue weighted by Gasteiger charge is -2.19. The molecule has 0 amide bonds. The van der Waals surface area contributed by atoms with Gasteiger partial charge in [0.05, 0.1) is 18.8 Å². The molecule has 0 bridgehead atoms. The van der Waals surface area contributed by atoms with Crippen molar-refractivity contribution >= 4 is 0 Å². The third kappa shape index (κ3) is 2.63. The maximum absolute atomic E-state index is 5.36. The summed E-state index contributed by atoms with van der Waals surface area (Å²) in [5, 5.41) is 7.83.